The van der Waals surface area contributed by atoms with Crippen molar-refractivity contribution in [3.63, 3.8) is 0 Å². The number of fused-ring (bicyclic) bond motifs is 1. The molecule has 1 amide bonds. The molecule has 0 aromatic heterocycles. The molecule has 26 heavy (non-hydrogen) atoms. The molecule has 2 aliphatic rings. The van der Waals surface area contributed by atoms with Gasteiger partial charge in [0.2, 0.25) is 0 Å². The second-order valence-corrected chi connectivity index (χ2v) is 8.92. The minimum Gasteiger partial charge on any atom is -0.366 e. The van der Waals surface area contributed by atoms with Crippen molar-refractivity contribution in [2.75, 3.05) is 25.5 Å². The highest BCUT2D eigenvalue weighted by molar-refractivity contribution is 8.18. The van der Waals surface area contributed by atoms with Crippen molar-refractivity contribution in [2.24, 2.45) is 4.99 Å². The van der Waals surface area contributed by atoms with Gasteiger partial charge in [-0.1, -0.05) is 6.92 Å². The van der Waals surface area contributed by atoms with Gasteiger partial charge in [-0.2, -0.15) is 0 Å². The number of nitrogens with zero attached hydrogens (tertiary/aromatic N) is 3. The third-order valence-electron chi connectivity index (χ3n) is 5.57. The summed E-state index contributed by atoms with van der Waals surface area (Å²) in [4.78, 5) is 21.5. The molecule has 1 aromatic carbocycles. The number of amides is 1. The van der Waals surface area contributed by atoms with Gasteiger partial charge < -0.3 is 4.90 Å². The fraction of sp³-hybridized carbons (Fsp3) is 0.524. The zero-order chi connectivity index (χ0) is 19.2. The summed E-state index contributed by atoms with van der Waals surface area (Å²) in [5.41, 5.74) is 5.23. The van der Waals surface area contributed by atoms with Crippen LogP contribution in [0, 0.1) is 6.92 Å². The van der Waals surface area contributed by atoms with Crippen LogP contribution in [-0.4, -0.2) is 42.2 Å². The van der Waals surface area contributed by atoms with Crippen molar-refractivity contribution in [2.45, 2.75) is 52.5 Å². The fourth-order valence-corrected chi connectivity index (χ4v) is 5.21. The first-order valence-electron chi connectivity index (χ1n) is 9.26. The van der Waals surface area contributed by atoms with E-state index in [0.717, 1.165) is 28.6 Å². The predicted molar refractivity (Wildman–Crippen MR) is 113 cm³/mol. The average Bonchev–Trinajstić information content (AvgIpc) is 2.83. The number of aryl methyl sites for hydroxylation is 1. The first-order valence-corrected chi connectivity index (χ1v) is 10.1. The van der Waals surface area contributed by atoms with Gasteiger partial charge in [-0.3, -0.25) is 14.7 Å². The number of benzene rings is 1. The van der Waals surface area contributed by atoms with Crippen molar-refractivity contribution in [1.29, 1.82) is 0 Å². The van der Waals surface area contributed by atoms with Crippen LogP contribution in [0.15, 0.2) is 22.0 Å². The Morgan fingerprint density at radius 1 is 1.38 bits per heavy atom. The third-order valence-corrected chi connectivity index (χ3v) is 6.72. The van der Waals surface area contributed by atoms with Crippen molar-refractivity contribution in [3.05, 3.63) is 33.7 Å². The van der Waals surface area contributed by atoms with Crippen molar-refractivity contribution in [1.82, 2.24) is 4.90 Å². The lowest BCUT2D eigenvalue weighted by Gasteiger charge is -2.47. The summed E-state index contributed by atoms with van der Waals surface area (Å²) in [6.45, 7) is 12.3. The summed E-state index contributed by atoms with van der Waals surface area (Å²) in [5.74, 6) is 0.528. The molecule has 2 heterocycles. The first kappa shape index (κ1) is 19.0. The number of hydrogen-bond acceptors (Lipinski definition) is 4. The lowest BCUT2D eigenvalue weighted by molar-refractivity contribution is -0.121. The molecule has 5 heteroatoms. The van der Waals surface area contributed by atoms with E-state index in [4.69, 9.17) is 0 Å². The Labute approximate surface area is 161 Å². The van der Waals surface area contributed by atoms with Gasteiger partial charge in [0.1, 0.15) is 0 Å². The van der Waals surface area contributed by atoms with Gasteiger partial charge in [-0.25, -0.2) is 0 Å². The van der Waals surface area contributed by atoms with Gasteiger partial charge in [-0.05, 0) is 86.7 Å². The fourth-order valence-electron chi connectivity index (χ4n) is 4.30. The molecule has 2 aliphatic heterocycles. The van der Waals surface area contributed by atoms with Crippen LogP contribution < -0.4 is 4.90 Å². The number of likely N-dealkylation sites (N-methyl/N-ethyl adjacent to an activating group) is 1. The molecular weight excluding hydrogens is 342 g/mol. The van der Waals surface area contributed by atoms with Gasteiger partial charge in [0.05, 0.1) is 4.91 Å². The van der Waals surface area contributed by atoms with Crippen LogP contribution in [0.1, 0.15) is 56.7 Å². The normalized spacial score (nSPS) is 25.3. The van der Waals surface area contributed by atoms with E-state index in [-0.39, 0.29) is 11.4 Å². The van der Waals surface area contributed by atoms with E-state index in [1.54, 1.807) is 19.0 Å². The summed E-state index contributed by atoms with van der Waals surface area (Å²) in [6, 6.07) is 4.58. The lowest BCUT2D eigenvalue weighted by atomic mass is 9.79. The maximum Gasteiger partial charge on any atom is 0.266 e. The van der Waals surface area contributed by atoms with Gasteiger partial charge >= 0.3 is 0 Å². The summed E-state index contributed by atoms with van der Waals surface area (Å²) in [7, 11) is 3.50. The van der Waals surface area contributed by atoms with E-state index >= 15 is 0 Å². The molecule has 1 atom stereocenters. The van der Waals surface area contributed by atoms with Crippen LogP contribution in [0.5, 0.6) is 0 Å². The smallest absolute Gasteiger partial charge is 0.266 e. The van der Waals surface area contributed by atoms with Crippen LogP contribution in [0.25, 0.3) is 6.08 Å². The molecule has 1 fully saturated rings. The third kappa shape index (κ3) is 3.07. The van der Waals surface area contributed by atoms with Crippen molar-refractivity contribution in [3.8, 4) is 0 Å². The van der Waals surface area contributed by atoms with Crippen LogP contribution in [0.2, 0.25) is 0 Å². The highest BCUT2D eigenvalue weighted by Crippen LogP contribution is 2.44. The number of anilines is 1. The maximum atomic E-state index is 12.5. The Hall–Kier alpha value is -1.75. The molecule has 0 radical (unpaired) electrons. The van der Waals surface area contributed by atoms with Crippen molar-refractivity contribution < 1.29 is 4.79 Å². The second-order valence-electron chi connectivity index (χ2n) is 7.91. The molecule has 0 spiro atoms. The Morgan fingerprint density at radius 2 is 2.08 bits per heavy atom. The predicted octanol–water partition coefficient (Wildman–Crippen LogP) is 4.64. The molecule has 1 saturated heterocycles. The number of amidine groups is 1. The number of aliphatic imine (C=N–C) groups is 1. The largest absolute Gasteiger partial charge is 0.366 e. The van der Waals surface area contributed by atoms with Gasteiger partial charge in [0.25, 0.3) is 5.91 Å². The monoisotopic (exact) mass is 371 g/mol. The summed E-state index contributed by atoms with van der Waals surface area (Å²) in [6.07, 6.45) is 3.16. The van der Waals surface area contributed by atoms with Crippen molar-refractivity contribution >= 4 is 34.6 Å². The van der Waals surface area contributed by atoms with E-state index < -0.39 is 0 Å². The SMILES string of the molecule is CCN1c2cc(C)c(/C=C3\SC(=NC)N(C)C3=O)cc2[C@H](C)CC1(C)C. The zero-order valence-electron chi connectivity index (χ0n) is 16.9. The van der Waals surface area contributed by atoms with Crippen LogP contribution in [0.3, 0.4) is 0 Å². The van der Waals surface area contributed by atoms with Gasteiger partial charge in [0, 0.05) is 31.9 Å². The molecule has 1 aromatic rings. The van der Waals surface area contributed by atoms with E-state index in [1.807, 2.05) is 6.08 Å². The topological polar surface area (TPSA) is 35.9 Å². The molecule has 0 unspecified atom stereocenters. The van der Waals surface area contributed by atoms with E-state index in [1.165, 1.54) is 28.6 Å². The van der Waals surface area contributed by atoms with E-state index in [2.05, 4.69) is 56.6 Å². The van der Waals surface area contributed by atoms with Crippen LogP contribution >= 0.6 is 11.8 Å². The second kappa shape index (κ2) is 6.76. The van der Waals surface area contributed by atoms with Gasteiger partial charge in [0.15, 0.2) is 5.17 Å². The van der Waals surface area contributed by atoms with E-state index in [0.29, 0.717) is 5.92 Å². The first-order chi connectivity index (χ1) is 12.2. The number of rotatable bonds is 2. The number of carbonyl (C=O) groups is 1. The lowest BCUT2D eigenvalue weighted by Crippen LogP contribution is -2.48. The summed E-state index contributed by atoms with van der Waals surface area (Å²) < 4.78 is 0. The Bertz CT molecular complexity index is 810. The summed E-state index contributed by atoms with van der Waals surface area (Å²) in [5, 5.41) is 0.754. The Kier molecular flexibility index (Phi) is 4.95. The molecular formula is C21H29N3OS. The molecule has 0 bridgehead atoms. The molecule has 4 nitrogen and oxygen atoms in total. The number of thioether (sulfide) groups is 1. The van der Waals surface area contributed by atoms with Crippen LogP contribution in [-0.2, 0) is 4.79 Å². The molecule has 3 rings (SSSR count). The minimum atomic E-state index is 0.0251. The quantitative estimate of drug-likeness (QED) is 0.711. The number of carbonyl (C=O) groups excluding carboxylic acids is 1. The van der Waals surface area contributed by atoms with Crippen LogP contribution in [0.4, 0.5) is 5.69 Å². The molecule has 0 saturated carbocycles. The molecule has 0 aliphatic carbocycles. The molecule has 0 N–H and O–H groups in total. The maximum absolute atomic E-state index is 12.5. The Morgan fingerprint density at radius 3 is 2.65 bits per heavy atom. The zero-order valence-corrected chi connectivity index (χ0v) is 17.7. The van der Waals surface area contributed by atoms with E-state index in [9.17, 15) is 4.79 Å². The average molecular weight is 372 g/mol. The highest BCUT2D eigenvalue weighted by Gasteiger charge is 2.36. The van der Waals surface area contributed by atoms with Gasteiger partial charge in [-0.15, -0.1) is 0 Å². The summed E-state index contributed by atoms with van der Waals surface area (Å²) >= 11 is 1.45. The minimum absolute atomic E-state index is 0.0251. The standard InChI is InChI=1S/C21H29N3OS/c1-8-24-17-9-13(2)15(10-16(17)14(3)12-21(24,4)5)11-18-19(25)23(7)20(22-6)26-18/h9-11,14H,8,12H2,1-7H3/b18-11-,22-20?/t14-/m1/s1. The highest BCUT2D eigenvalue weighted by atomic mass is 32.2. The number of hydrogen-bond donors (Lipinski definition) is 0. The Balaban J connectivity index is 2.06. The molecule has 140 valence electrons.